The summed E-state index contributed by atoms with van der Waals surface area (Å²) in [6.45, 7) is 4.31. The van der Waals surface area contributed by atoms with Gasteiger partial charge in [-0.2, -0.15) is 5.10 Å². The Morgan fingerprint density at radius 1 is 1.33 bits per heavy atom. The van der Waals surface area contributed by atoms with Crippen LogP contribution in [0.5, 0.6) is 0 Å². The number of aromatic nitrogens is 3. The Morgan fingerprint density at radius 2 is 2.08 bits per heavy atom. The zero-order valence-electron chi connectivity index (χ0n) is 13.7. The quantitative estimate of drug-likeness (QED) is 0.830. The van der Waals surface area contributed by atoms with Crippen LogP contribution in [0.1, 0.15) is 32.3 Å². The van der Waals surface area contributed by atoms with Crippen molar-refractivity contribution in [2.75, 3.05) is 0 Å². The van der Waals surface area contributed by atoms with E-state index in [1.54, 1.807) is 10.7 Å². The minimum atomic E-state index is -1.04. The van der Waals surface area contributed by atoms with Gasteiger partial charge in [-0.3, -0.25) is 0 Å². The van der Waals surface area contributed by atoms with Gasteiger partial charge in [0, 0.05) is 0 Å². The Labute approximate surface area is 145 Å². The van der Waals surface area contributed by atoms with E-state index in [0.717, 1.165) is 18.9 Å². The maximum Gasteiger partial charge on any atom is 0.183 e. The van der Waals surface area contributed by atoms with Crippen LogP contribution in [0.15, 0.2) is 29.7 Å². The lowest BCUT2D eigenvalue weighted by Crippen LogP contribution is -2.49. The van der Waals surface area contributed by atoms with Gasteiger partial charge in [0.15, 0.2) is 16.8 Å². The van der Waals surface area contributed by atoms with E-state index in [1.807, 2.05) is 13.8 Å². The van der Waals surface area contributed by atoms with Gasteiger partial charge in [-0.05, 0) is 48.3 Å². The standard InChI is InChI=1S/C17H21F2N3OS/c1-16(2)6-5-12(7-11-3-4-13(18)14(19)8-11)17(16,23)9-22-15(24)20-10-21-22/h3-4,8,10,12,23H,5-7,9H2,1-2H3,(H,20,21,24). The number of hydrogen-bond acceptors (Lipinski definition) is 4. The SMILES string of the molecule is CC1(C)CCC(Cc2ccc(F)c(F)c2)C1(O)Cn1ncnc1S. The molecule has 2 unspecified atom stereocenters. The van der Waals surface area contributed by atoms with Crippen LogP contribution in [-0.4, -0.2) is 25.5 Å². The molecule has 2 aromatic rings. The van der Waals surface area contributed by atoms with Crippen LogP contribution in [0.4, 0.5) is 8.78 Å². The first kappa shape index (κ1) is 17.4. The fraction of sp³-hybridized carbons (Fsp3) is 0.529. The minimum absolute atomic E-state index is 0.0886. The second-order valence-corrected chi connectivity index (χ2v) is 7.61. The Bertz CT molecular complexity index is 749. The molecule has 1 N–H and O–H groups in total. The minimum Gasteiger partial charge on any atom is -0.387 e. The van der Waals surface area contributed by atoms with Crippen LogP contribution in [0.2, 0.25) is 0 Å². The van der Waals surface area contributed by atoms with E-state index >= 15 is 0 Å². The summed E-state index contributed by atoms with van der Waals surface area (Å²) >= 11 is 4.26. The van der Waals surface area contributed by atoms with E-state index in [0.29, 0.717) is 17.1 Å². The van der Waals surface area contributed by atoms with Crippen molar-refractivity contribution in [3.8, 4) is 0 Å². The van der Waals surface area contributed by atoms with Crippen molar-refractivity contribution in [1.82, 2.24) is 14.8 Å². The molecule has 0 amide bonds. The van der Waals surface area contributed by atoms with Crippen LogP contribution in [-0.2, 0) is 13.0 Å². The van der Waals surface area contributed by atoms with Gasteiger partial charge in [-0.25, -0.2) is 18.4 Å². The summed E-state index contributed by atoms with van der Waals surface area (Å²) in [5.74, 6) is -1.81. The van der Waals surface area contributed by atoms with Crippen molar-refractivity contribution < 1.29 is 13.9 Å². The maximum atomic E-state index is 13.5. The second kappa shape index (κ2) is 6.11. The number of nitrogens with zero attached hydrogens (tertiary/aromatic N) is 3. The summed E-state index contributed by atoms with van der Waals surface area (Å²) < 4.78 is 28.2. The Kier molecular flexibility index (Phi) is 4.42. The molecule has 0 bridgehead atoms. The molecule has 3 rings (SSSR count). The molecular weight excluding hydrogens is 332 g/mol. The van der Waals surface area contributed by atoms with Crippen molar-refractivity contribution in [3.05, 3.63) is 41.7 Å². The second-order valence-electron chi connectivity index (χ2n) is 7.21. The molecule has 1 fully saturated rings. The Morgan fingerprint density at radius 3 is 2.71 bits per heavy atom. The lowest BCUT2D eigenvalue weighted by molar-refractivity contribution is -0.0923. The Balaban J connectivity index is 1.88. The molecule has 1 heterocycles. The van der Waals surface area contributed by atoms with E-state index in [-0.39, 0.29) is 17.9 Å². The summed E-state index contributed by atoms with van der Waals surface area (Å²) in [5, 5.41) is 16.0. The molecule has 0 saturated heterocycles. The summed E-state index contributed by atoms with van der Waals surface area (Å²) in [7, 11) is 0. The van der Waals surface area contributed by atoms with Crippen molar-refractivity contribution in [1.29, 1.82) is 0 Å². The molecule has 1 saturated carbocycles. The van der Waals surface area contributed by atoms with E-state index in [9.17, 15) is 13.9 Å². The van der Waals surface area contributed by atoms with Gasteiger partial charge in [-0.1, -0.05) is 19.9 Å². The molecule has 24 heavy (non-hydrogen) atoms. The van der Waals surface area contributed by atoms with Gasteiger partial charge in [0.1, 0.15) is 6.33 Å². The molecule has 0 radical (unpaired) electrons. The lowest BCUT2D eigenvalue weighted by Gasteiger charge is -2.41. The molecule has 1 aromatic heterocycles. The third-order valence-electron chi connectivity index (χ3n) is 5.42. The maximum absolute atomic E-state index is 13.5. The summed E-state index contributed by atoms with van der Waals surface area (Å²) in [6, 6.07) is 3.91. The number of aliphatic hydroxyl groups is 1. The molecule has 7 heteroatoms. The first-order valence-corrected chi connectivity index (χ1v) is 8.41. The van der Waals surface area contributed by atoms with Gasteiger partial charge in [0.05, 0.1) is 12.1 Å². The molecule has 1 aliphatic carbocycles. The van der Waals surface area contributed by atoms with Crippen LogP contribution < -0.4 is 0 Å². The predicted molar refractivity (Wildman–Crippen MR) is 88.8 cm³/mol. The van der Waals surface area contributed by atoms with E-state index in [1.165, 1.54) is 12.4 Å². The van der Waals surface area contributed by atoms with Crippen molar-refractivity contribution in [3.63, 3.8) is 0 Å². The van der Waals surface area contributed by atoms with Gasteiger partial charge in [-0.15, -0.1) is 12.6 Å². The highest BCUT2D eigenvalue weighted by Gasteiger charge is 2.54. The number of hydrogen-bond donors (Lipinski definition) is 2. The van der Waals surface area contributed by atoms with Gasteiger partial charge in [0.2, 0.25) is 0 Å². The highest BCUT2D eigenvalue weighted by atomic mass is 32.1. The zero-order valence-corrected chi connectivity index (χ0v) is 14.6. The summed E-state index contributed by atoms with van der Waals surface area (Å²) in [5.41, 5.74) is -0.689. The smallest absolute Gasteiger partial charge is 0.183 e. The predicted octanol–water partition coefficient (Wildman–Crippen LogP) is 3.26. The zero-order chi connectivity index (χ0) is 17.5. The van der Waals surface area contributed by atoms with Crippen molar-refractivity contribution >= 4 is 12.6 Å². The first-order valence-electron chi connectivity index (χ1n) is 7.96. The number of halogens is 2. The first-order chi connectivity index (χ1) is 11.2. The fourth-order valence-electron chi connectivity index (χ4n) is 3.71. The normalized spacial score (nSPS) is 26.0. The Hall–Kier alpha value is -1.47. The molecule has 1 aromatic carbocycles. The lowest BCUT2D eigenvalue weighted by atomic mass is 9.72. The van der Waals surface area contributed by atoms with E-state index in [2.05, 4.69) is 22.7 Å². The monoisotopic (exact) mass is 353 g/mol. The van der Waals surface area contributed by atoms with Crippen molar-refractivity contribution in [2.24, 2.45) is 11.3 Å². The fourth-order valence-corrected chi connectivity index (χ4v) is 3.88. The van der Waals surface area contributed by atoms with Crippen LogP contribution in [0, 0.1) is 23.0 Å². The highest BCUT2D eigenvalue weighted by molar-refractivity contribution is 7.80. The molecule has 1 aliphatic rings. The molecule has 130 valence electrons. The third-order valence-corrected chi connectivity index (χ3v) is 5.76. The third kappa shape index (κ3) is 2.95. The van der Waals surface area contributed by atoms with Crippen LogP contribution in [0.25, 0.3) is 0 Å². The van der Waals surface area contributed by atoms with Gasteiger partial charge < -0.3 is 5.11 Å². The van der Waals surface area contributed by atoms with E-state index in [4.69, 9.17) is 0 Å². The number of thiol groups is 1. The highest BCUT2D eigenvalue weighted by Crippen LogP contribution is 2.51. The summed E-state index contributed by atoms with van der Waals surface area (Å²) in [4.78, 5) is 3.98. The molecule has 4 nitrogen and oxygen atoms in total. The van der Waals surface area contributed by atoms with Crippen LogP contribution >= 0.6 is 12.6 Å². The van der Waals surface area contributed by atoms with Crippen LogP contribution in [0.3, 0.4) is 0 Å². The van der Waals surface area contributed by atoms with E-state index < -0.39 is 17.2 Å². The van der Waals surface area contributed by atoms with Gasteiger partial charge in [0.25, 0.3) is 0 Å². The summed E-state index contributed by atoms with van der Waals surface area (Å²) in [6.07, 6.45) is 3.53. The van der Waals surface area contributed by atoms with Crippen molar-refractivity contribution in [2.45, 2.75) is 50.4 Å². The number of rotatable bonds is 4. The topological polar surface area (TPSA) is 50.9 Å². The average Bonchev–Trinajstić information content (AvgIpc) is 3.00. The number of benzene rings is 1. The molecule has 0 spiro atoms. The van der Waals surface area contributed by atoms with Gasteiger partial charge >= 0.3 is 0 Å². The molecule has 0 aliphatic heterocycles. The molecule has 2 atom stereocenters. The molecular formula is C17H21F2N3OS. The largest absolute Gasteiger partial charge is 0.387 e. The average molecular weight is 353 g/mol.